The maximum absolute atomic E-state index is 11.8. The van der Waals surface area contributed by atoms with Gasteiger partial charge in [-0.3, -0.25) is 9.59 Å². The molecule has 1 aliphatic rings. The second-order valence-electron chi connectivity index (χ2n) is 4.51. The first-order valence-electron chi connectivity index (χ1n) is 6.43. The molecule has 0 spiro atoms. The van der Waals surface area contributed by atoms with E-state index >= 15 is 0 Å². The number of rotatable bonds is 3. The summed E-state index contributed by atoms with van der Waals surface area (Å²) in [4.78, 5) is 24.9. The molecule has 4 nitrogen and oxygen atoms in total. The Morgan fingerprint density at radius 1 is 0.800 bits per heavy atom. The third kappa shape index (κ3) is 2.28. The summed E-state index contributed by atoms with van der Waals surface area (Å²) < 4.78 is 5.77. The fraction of sp³-hybridized carbons (Fsp3) is 0.125. The average molecular weight is 267 g/mol. The molecule has 2 aromatic rings. The van der Waals surface area contributed by atoms with Crippen LogP contribution in [-0.4, -0.2) is 11.8 Å². The van der Waals surface area contributed by atoms with Gasteiger partial charge in [-0.2, -0.15) is 0 Å². The summed E-state index contributed by atoms with van der Waals surface area (Å²) in [7, 11) is 0. The van der Waals surface area contributed by atoms with Crippen molar-refractivity contribution in [1.29, 1.82) is 0 Å². The van der Waals surface area contributed by atoms with Gasteiger partial charge in [-0.25, -0.2) is 4.90 Å². The number of amides is 2. The summed E-state index contributed by atoms with van der Waals surface area (Å²) in [6, 6.07) is 16.3. The highest BCUT2D eigenvalue weighted by molar-refractivity contribution is 6.20. The van der Waals surface area contributed by atoms with Crippen LogP contribution in [0.5, 0.6) is 11.5 Å². The Balaban J connectivity index is 1.96. The number of carbonyl (C=O) groups is 2. The van der Waals surface area contributed by atoms with E-state index in [4.69, 9.17) is 4.74 Å². The summed E-state index contributed by atoms with van der Waals surface area (Å²) >= 11 is 0. The topological polar surface area (TPSA) is 46.6 Å². The molecule has 1 saturated heterocycles. The van der Waals surface area contributed by atoms with Gasteiger partial charge in [-0.05, 0) is 24.3 Å². The lowest BCUT2D eigenvalue weighted by molar-refractivity contribution is -0.121. The predicted molar refractivity (Wildman–Crippen MR) is 74.7 cm³/mol. The normalized spacial score (nSPS) is 14.7. The monoisotopic (exact) mass is 267 g/mol. The van der Waals surface area contributed by atoms with Crippen molar-refractivity contribution < 1.29 is 14.3 Å². The van der Waals surface area contributed by atoms with E-state index in [-0.39, 0.29) is 24.7 Å². The highest BCUT2D eigenvalue weighted by Crippen LogP contribution is 2.34. The molecule has 0 aliphatic carbocycles. The lowest BCUT2D eigenvalue weighted by atomic mass is 10.2. The van der Waals surface area contributed by atoms with Crippen molar-refractivity contribution in [2.24, 2.45) is 0 Å². The van der Waals surface area contributed by atoms with Crippen LogP contribution in [0.1, 0.15) is 12.8 Å². The Bertz CT molecular complexity index is 636. The van der Waals surface area contributed by atoms with Gasteiger partial charge in [0.1, 0.15) is 5.75 Å². The largest absolute Gasteiger partial charge is 0.455 e. The SMILES string of the molecule is O=C1CCC(=O)N1c1ccccc1Oc1ccccc1. The minimum absolute atomic E-state index is 0.181. The van der Waals surface area contributed by atoms with Crippen LogP contribution in [0, 0.1) is 0 Å². The highest BCUT2D eigenvalue weighted by Gasteiger charge is 2.32. The van der Waals surface area contributed by atoms with Crippen LogP contribution >= 0.6 is 0 Å². The van der Waals surface area contributed by atoms with E-state index in [1.165, 1.54) is 4.90 Å². The number of hydrogen-bond acceptors (Lipinski definition) is 3. The molecule has 0 saturated carbocycles. The predicted octanol–water partition coefficient (Wildman–Crippen LogP) is 3.13. The molecule has 0 radical (unpaired) electrons. The zero-order valence-corrected chi connectivity index (χ0v) is 10.8. The summed E-state index contributed by atoms with van der Waals surface area (Å²) in [5.41, 5.74) is 0.504. The minimum atomic E-state index is -0.181. The molecule has 0 aromatic heterocycles. The first-order chi connectivity index (χ1) is 9.75. The maximum Gasteiger partial charge on any atom is 0.234 e. The molecule has 1 aliphatic heterocycles. The Morgan fingerprint density at radius 3 is 2.10 bits per heavy atom. The van der Waals surface area contributed by atoms with E-state index in [2.05, 4.69) is 0 Å². The minimum Gasteiger partial charge on any atom is -0.455 e. The molecule has 3 rings (SSSR count). The van der Waals surface area contributed by atoms with Crippen molar-refractivity contribution in [3.8, 4) is 11.5 Å². The third-order valence-electron chi connectivity index (χ3n) is 3.13. The summed E-state index contributed by atoms with van der Waals surface area (Å²) in [6.45, 7) is 0. The molecule has 0 bridgehead atoms. The van der Waals surface area contributed by atoms with Crippen LogP contribution < -0.4 is 9.64 Å². The van der Waals surface area contributed by atoms with Gasteiger partial charge in [0, 0.05) is 12.8 Å². The number of nitrogens with zero attached hydrogens (tertiary/aromatic N) is 1. The number of carbonyl (C=O) groups excluding carboxylic acids is 2. The zero-order valence-electron chi connectivity index (χ0n) is 10.8. The van der Waals surface area contributed by atoms with Gasteiger partial charge in [-0.1, -0.05) is 30.3 Å². The zero-order chi connectivity index (χ0) is 13.9. The molecule has 100 valence electrons. The van der Waals surface area contributed by atoms with Crippen LogP contribution in [0.2, 0.25) is 0 Å². The third-order valence-corrected chi connectivity index (χ3v) is 3.13. The van der Waals surface area contributed by atoms with Gasteiger partial charge in [0.15, 0.2) is 5.75 Å². The van der Waals surface area contributed by atoms with Crippen LogP contribution in [-0.2, 0) is 9.59 Å². The molecular weight excluding hydrogens is 254 g/mol. The number of imide groups is 1. The second-order valence-corrected chi connectivity index (χ2v) is 4.51. The van der Waals surface area contributed by atoms with E-state index in [1.807, 2.05) is 36.4 Å². The molecule has 1 fully saturated rings. The molecular formula is C16H13NO3. The first-order valence-corrected chi connectivity index (χ1v) is 6.43. The Morgan fingerprint density at radius 2 is 1.40 bits per heavy atom. The van der Waals surface area contributed by atoms with E-state index < -0.39 is 0 Å². The lowest BCUT2D eigenvalue weighted by Gasteiger charge is -2.18. The van der Waals surface area contributed by atoms with Crippen molar-refractivity contribution >= 4 is 17.5 Å². The van der Waals surface area contributed by atoms with Gasteiger partial charge in [0.25, 0.3) is 0 Å². The van der Waals surface area contributed by atoms with Crippen molar-refractivity contribution in [1.82, 2.24) is 0 Å². The van der Waals surface area contributed by atoms with E-state index in [0.29, 0.717) is 17.2 Å². The van der Waals surface area contributed by atoms with Crippen molar-refractivity contribution in [3.63, 3.8) is 0 Å². The maximum atomic E-state index is 11.8. The van der Waals surface area contributed by atoms with Crippen LogP contribution in [0.4, 0.5) is 5.69 Å². The van der Waals surface area contributed by atoms with Crippen LogP contribution in [0.25, 0.3) is 0 Å². The Hall–Kier alpha value is -2.62. The van der Waals surface area contributed by atoms with Crippen molar-refractivity contribution in [2.75, 3.05) is 4.90 Å². The van der Waals surface area contributed by atoms with E-state index in [1.54, 1.807) is 18.2 Å². The fourth-order valence-corrected chi connectivity index (χ4v) is 2.19. The Kier molecular flexibility index (Phi) is 3.21. The summed E-state index contributed by atoms with van der Waals surface area (Å²) in [5.74, 6) is 0.805. The quantitative estimate of drug-likeness (QED) is 0.803. The van der Waals surface area contributed by atoms with Crippen LogP contribution in [0.3, 0.4) is 0 Å². The van der Waals surface area contributed by atoms with E-state index in [0.717, 1.165) is 0 Å². The summed E-state index contributed by atoms with van der Waals surface area (Å²) in [5, 5.41) is 0. The van der Waals surface area contributed by atoms with Gasteiger partial charge < -0.3 is 4.74 Å². The first kappa shape index (κ1) is 12.4. The number of benzene rings is 2. The second kappa shape index (κ2) is 5.17. The molecule has 20 heavy (non-hydrogen) atoms. The molecule has 4 heteroatoms. The smallest absolute Gasteiger partial charge is 0.234 e. The number of ether oxygens (including phenoxy) is 1. The number of anilines is 1. The molecule has 0 N–H and O–H groups in total. The standard InChI is InChI=1S/C16H13NO3/c18-15-10-11-16(19)17(15)13-8-4-5-9-14(13)20-12-6-2-1-3-7-12/h1-9H,10-11H2. The average Bonchev–Trinajstić information content (AvgIpc) is 2.80. The molecule has 2 aromatic carbocycles. The van der Waals surface area contributed by atoms with E-state index in [9.17, 15) is 9.59 Å². The van der Waals surface area contributed by atoms with Gasteiger partial charge in [0.2, 0.25) is 11.8 Å². The van der Waals surface area contributed by atoms with Gasteiger partial charge >= 0.3 is 0 Å². The molecule has 0 unspecified atom stereocenters. The lowest BCUT2D eigenvalue weighted by Crippen LogP contribution is -2.28. The van der Waals surface area contributed by atoms with Crippen molar-refractivity contribution in [3.05, 3.63) is 54.6 Å². The van der Waals surface area contributed by atoms with Gasteiger partial charge in [0.05, 0.1) is 5.69 Å². The molecule has 0 atom stereocenters. The molecule has 2 amide bonds. The number of hydrogen-bond donors (Lipinski definition) is 0. The highest BCUT2D eigenvalue weighted by atomic mass is 16.5. The number of para-hydroxylation sites is 3. The molecule has 1 heterocycles. The van der Waals surface area contributed by atoms with Gasteiger partial charge in [-0.15, -0.1) is 0 Å². The van der Waals surface area contributed by atoms with Crippen LogP contribution in [0.15, 0.2) is 54.6 Å². The summed E-state index contributed by atoms with van der Waals surface area (Å²) in [6.07, 6.45) is 0.525. The van der Waals surface area contributed by atoms with Crippen molar-refractivity contribution in [2.45, 2.75) is 12.8 Å². The fourth-order valence-electron chi connectivity index (χ4n) is 2.19. The Labute approximate surface area is 116 Å².